The maximum atomic E-state index is 8.59. The summed E-state index contributed by atoms with van der Waals surface area (Å²) in [7, 11) is -1.30. The molecule has 0 bridgehead atoms. The van der Waals surface area contributed by atoms with Gasteiger partial charge in [-0.15, -0.1) is 0 Å². The van der Waals surface area contributed by atoms with E-state index in [2.05, 4.69) is 5.32 Å². The Kier molecular flexibility index (Phi) is 2.47. The topological polar surface area (TPSA) is 61.7 Å². The lowest BCUT2D eigenvalue weighted by atomic mass is 9.80. The van der Waals surface area contributed by atoms with E-state index in [0.29, 0.717) is 19.8 Å². The highest BCUT2D eigenvalue weighted by molar-refractivity contribution is 6.43. The van der Waals surface area contributed by atoms with Crippen molar-refractivity contribution in [3.05, 3.63) is 0 Å². The highest BCUT2D eigenvalue weighted by Gasteiger charge is 2.24. The first-order valence-electron chi connectivity index (χ1n) is 2.98. The van der Waals surface area contributed by atoms with Gasteiger partial charge in [-0.1, -0.05) is 0 Å². The van der Waals surface area contributed by atoms with Gasteiger partial charge in [0.1, 0.15) is 0 Å². The van der Waals surface area contributed by atoms with Crippen LogP contribution in [0.25, 0.3) is 0 Å². The van der Waals surface area contributed by atoms with Crippen molar-refractivity contribution in [3.63, 3.8) is 0 Å². The van der Waals surface area contributed by atoms with E-state index in [4.69, 9.17) is 14.8 Å². The molecule has 9 heavy (non-hydrogen) atoms. The summed E-state index contributed by atoms with van der Waals surface area (Å²) in [6.07, 6.45) is 0. The molecular weight excluding hydrogens is 121 g/mol. The van der Waals surface area contributed by atoms with E-state index in [1.54, 1.807) is 0 Å². The van der Waals surface area contributed by atoms with Crippen molar-refractivity contribution in [2.45, 2.75) is 5.94 Å². The van der Waals surface area contributed by atoms with E-state index in [1.165, 1.54) is 0 Å². The number of nitrogens with one attached hydrogen (secondary N) is 1. The van der Waals surface area contributed by atoms with Gasteiger partial charge in [-0.3, -0.25) is 0 Å². The molecule has 1 unspecified atom stereocenters. The molecule has 1 saturated heterocycles. The zero-order valence-corrected chi connectivity index (χ0v) is 5.08. The Morgan fingerprint density at radius 3 is 2.67 bits per heavy atom. The van der Waals surface area contributed by atoms with Crippen LogP contribution in [-0.2, 0) is 4.74 Å². The predicted molar refractivity (Wildman–Crippen MR) is 32.8 cm³/mol. The summed E-state index contributed by atoms with van der Waals surface area (Å²) < 4.78 is 4.96. The van der Waals surface area contributed by atoms with Crippen molar-refractivity contribution < 1.29 is 14.8 Å². The number of hydrogen-bond donors (Lipinski definition) is 3. The molecule has 0 aromatic rings. The van der Waals surface area contributed by atoms with Gasteiger partial charge in [-0.2, -0.15) is 0 Å². The molecule has 4 nitrogen and oxygen atoms in total. The summed E-state index contributed by atoms with van der Waals surface area (Å²) in [5.41, 5.74) is 0. The summed E-state index contributed by atoms with van der Waals surface area (Å²) in [4.78, 5) is 0. The molecule has 0 amide bonds. The first kappa shape index (κ1) is 7.02. The zero-order chi connectivity index (χ0) is 6.69. The standard InChI is InChI=1S/C4H10BNO3/c7-5(8)4-3-9-2-1-6-4/h4,6-8H,1-3H2. The van der Waals surface area contributed by atoms with Crippen LogP contribution in [0.2, 0.25) is 0 Å². The fraction of sp³-hybridized carbons (Fsp3) is 1.00. The van der Waals surface area contributed by atoms with Crippen molar-refractivity contribution >= 4 is 7.12 Å². The Labute approximate surface area is 54.0 Å². The lowest BCUT2D eigenvalue weighted by Crippen LogP contribution is -2.51. The van der Waals surface area contributed by atoms with Crippen molar-refractivity contribution in [2.75, 3.05) is 19.8 Å². The van der Waals surface area contributed by atoms with Crippen molar-refractivity contribution in [2.24, 2.45) is 0 Å². The maximum Gasteiger partial charge on any atom is 0.472 e. The second kappa shape index (κ2) is 3.17. The maximum absolute atomic E-state index is 8.59. The molecule has 0 aromatic carbocycles. The monoisotopic (exact) mass is 131 g/mol. The van der Waals surface area contributed by atoms with Gasteiger partial charge in [0.15, 0.2) is 0 Å². The molecule has 3 N–H and O–H groups in total. The molecule has 1 atom stereocenters. The van der Waals surface area contributed by atoms with Crippen LogP contribution in [0.3, 0.4) is 0 Å². The van der Waals surface area contributed by atoms with E-state index in [9.17, 15) is 0 Å². The average Bonchev–Trinajstić information content (AvgIpc) is 1.90. The van der Waals surface area contributed by atoms with Crippen LogP contribution in [0.5, 0.6) is 0 Å². The van der Waals surface area contributed by atoms with Crippen LogP contribution in [0.1, 0.15) is 0 Å². The third kappa shape index (κ3) is 1.94. The van der Waals surface area contributed by atoms with Crippen LogP contribution in [0, 0.1) is 0 Å². The SMILES string of the molecule is OB(O)C1COCCN1. The van der Waals surface area contributed by atoms with E-state index in [-0.39, 0.29) is 5.94 Å². The third-order valence-electron chi connectivity index (χ3n) is 1.31. The zero-order valence-electron chi connectivity index (χ0n) is 5.08. The molecule has 0 spiro atoms. The highest BCUT2D eigenvalue weighted by Crippen LogP contribution is 1.92. The van der Waals surface area contributed by atoms with Crippen molar-refractivity contribution in [1.29, 1.82) is 0 Å². The molecule has 0 aromatic heterocycles. The molecule has 1 fully saturated rings. The van der Waals surface area contributed by atoms with E-state index >= 15 is 0 Å². The van der Waals surface area contributed by atoms with Crippen molar-refractivity contribution in [1.82, 2.24) is 5.32 Å². The van der Waals surface area contributed by atoms with Crippen LogP contribution >= 0.6 is 0 Å². The second-order valence-electron chi connectivity index (χ2n) is 2.05. The smallest absolute Gasteiger partial charge is 0.426 e. The number of ether oxygens (including phenoxy) is 1. The number of hydrogen-bond acceptors (Lipinski definition) is 4. The molecule has 1 aliphatic rings. The minimum atomic E-state index is -1.30. The number of morpholine rings is 1. The minimum absolute atomic E-state index is 0.307. The fourth-order valence-corrected chi connectivity index (χ4v) is 0.777. The molecule has 52 valence electrons. The normalized spacial score (nSPS) is 28.0. The molecule has 1 aliphatic heterocycles. The molecule has 0 aliphatic carbocycles. The molecule has 0 radical (unpaired) electrons. The van der Waals surface area contributed by atoms with Gasteiger partial charge in [0, 0.05) is 6.54 Å². The van der Waals surface area contributed by atoms with E-state index < -0.39 is 7.12 Å². The Morgan fingerprint density at radius 1 is 1.56 bits per heavy atom. The van der Waals surface area contributed by atoms with Crippen LogP contribution < -0.4 is 5.32 Å². The first-order chi connectivity index (χ1) is 4.30. The molecular formula is C4H10BNO3. The van der Waals surface area contributed by atoms with Gasteiger partial charge in [-0.25, -0.2) is 0 Å². The fourth-order valence-electron chi connectivity index (χ4n) is 0.777. The lowest BCUT2D eigenvalue weighted by Gasteiger charge is -2.22. The molecule has 5 heteroatoms. The quantitative estimate of drug-likeness (QED) is 0.359. The second-order valence-corrected chi connectivity index (χ2v) is 2.05. The van der Waals surface area contributed by atoms with Gasteiger partial charge in [0.2, 0.25) is 0 Å². The van der Waals surface area contributed by atoms with E-state index in [1.807, 2.05) is 0 Å². The third-order valence-corrected chi connectivity index (χ3v) is 1.31. The van der Waals surface area contributed by atoms with Gasteiger partial charge in [0.05, 0.1) is 19.2 Å². The first-order valence-corrected chi connectivity index (χ1v) is 2.98. The summed E-state index contributed by atoms with van der Waals surface area (Å²) in [6.45, 7) is 1.74. The Balaban J connectivity index is 2.23. The molecule has 1 rings (SSSR count). The van der Waals surface area contributed by atoms with Crippen molar-refractivity contribution in [3.8, 4) is 0 Å². The molecule has 1 heterocycles. The van der Waals surface area contributed by atoms with Crippen LogP contribution in [0.4, 0.5) is 0 Å². The number of rotatable bonds is 1. The highest BCUT2D eigenvalue weighted by atomic mass is 16.5. The minimum Gasteiger partial charge on any atom is -0.426 e. The summed E-state index contributed by atoms with van der Waals surface area (Å²) in [5.74, 6) is -0.307. The largest absolute Gasteiger partial charge is 0.472 e. The summed E-state index contributed by atoms with van der Waals surface area (Å²) >= 11 is 0. The van der Waals surface area contributed by atoms with E-state index in [0.717, 1.165) is 0 Å². The molecule has 0 saturated carbocycles. The van der Waals surface area contributed by atoms with Gasteiger partial charge < -0.3 is 20.1 Å². The van der Waals surface area contributed by atoms with Crippen LogP contribution in [0.15, 0.2) is 0 Å². The predicted octanol–water partition coefficient (Wildman–Crippen LogP) is -2.01. The Morgan fingerprint density at radius 2 is 2.33 bits per heavy atom. The Hall–Kier alpha value is -0.0951. The van der Waals surface area contributed by atoms with Gasteiger partial charge >= 0.3 is 7.12 Å². The van der Waals surface area contributed by atoms with Gasteiger partial charge in [0.25, 0.3) is 0 Å². The summed E-state index contributed by atoms with van der Waals surface area (Å²) in [5, 5.41) is 20.1. The Bertz CT molecular complexity index is 83.9. The van der Waals surface area contributed by atoms with Gasteiger partial charge in [-0.05, 0) is 0 Å². The van der Waals surface area contributed by atoms with Crippen LogP contribution in [-0.4, -0.2) is 42.9 Å². The lowest BCUT2D eigenvalue weighted by molar-refractivity contribution is 0.0880. The average molecular weight is 131 g/mol. The summed E-state index contributed by atoms with van der Waals surface area (Å²) in [6, 6.07) is 0.